The SMILES string of the molecule is COC(=O)/C=C/c1cc(OC)c(OC)c(S(=O)(=O)N[C@H](C)c2ccccc2)c1. The lowest BCUT2D eigenvalue weighted by atomic mass is 10.1. The van der Waals surface area contributed by atoms with E-state index in [0.29, 0.717) is 5.56 Å². The van der Waals surface area contributed by atoms with E-state index in [2.05, 4.69) is 9.46 Å². The smallest absolute Gasteiger partial charge is 0.330 e. The van der Waals surface area contributed by atoms with Crippen LogP contribution in [0.15, 0.2) is 53.4 Å². The van der Waals surface area contributed by atoms with Crippen molar-refractivity contribution in [3.05, 3.63) is 59.7 Å². The van der Waals surface area contributed by atoms with Gasteiger partial charge < -0.3 is 14.2 Å². The summed E-state index contributed by atoms with van der Waals surface area (Å²) in [4.78, 5) is 11.3. The summed E-state index contributed by atoms with van der Waals surface area (Å²) in [6, 6.07) is 11.7. The van der Waals surface area contributed by atoms with Crippen LogP contribution >= 0.6 is 0 Å². The van der Waals surface area contributed by atoms with Gasteiger partial charge in [0.2, 0.25) is 10.0 Å². The van der Waals surface area contributed by atoms with Gasteiger partial charge in [0, 0.05) is 12.1 Å². The predicted molar refractivity (Wildman–Crippen MR) is 106 cm³/mol. The molecule has 28 heavy (non-hydrogen) atoms. The second-order valence-corrected chi connectivity index (χ2v) is 7.55. The number of ether oxygens (including phenoxy) is 3. The van der Waals surface area contributed by atoms with Crippen molar-refractivity contribution in [1.82, 2.24) is 4.72 Å². The van der Waals surface area contributed by atoms with E-state index in [9.17, 15) is 13.2 Å². The minimum Gasteiger partial charge on any atom is -0.493 e. The first kappa shape index (κ1) is 21.5. The first-order valence-electron chi connectivity index (χ1n) is 8.41. The predicted octanol–water partition coefficient (Wildman–Crippen LogP) is 2.93. The zero-order valence-corrected chi connectivity index (χ0v) is 16.9. The first-order chi connectivity index (χ1) is 13.3. The van der Waals surface area contributed by atoms with E-state index < -0.39 is 22.0 Å². The monoisotopic (exact) mass is 405 g/mol. The van der Waals surface area contributed by atoms with E-state index in [4.69, 9.17) is 9.47 Å². The molecule has 0 aromatic heterocycles. The number of nitrogens with one attached hydrogen (secondary N) is 1. The maximum atomic E-state index is 13.0. The Morgan fingerprint density at radius 1 is 1.07 bits per heavy atom. The van der Waals surface area contributed by atoms with E-state index in [1.165, 1.54) is 39.5 Å². The van der Waals surface area contributed by atoms with Crippen LogP contribution in [0.5, 0.6) is 11.5 Å². The Labute approximate surface area is 165 Å². The lowest BCUT2D eigenvalue weighted by Crippen LogP contribution is -2.27. The molecule has 0 aliphatic heterocycles. The van der Waals surface area contributed by atoms with Crippen LogP contribution in [-0.4, -0.2) is 35.7 Å². The van der Waals surface area contributed by atoms with Crippen LogP contribution in [0.3, 0.4) is 0 Å². The van der Waals surface area contributed by atoms with E-state index in [-0.39, 0.29) is 16.4 Å². The summed E-state index contributed by atoms with van der Waals surface area (Å²) in [5.74, 6) is -0.261. The zero-order chi connectivity index (χ0) is 20.7. The molecule has 0 aliphatic carbocycles. The third-order valence-corrected chi connectivity index (χ3v) is 5.55. The van der Waals surface area contributed by atoms with E-state index in [1.807, 2.05) is 30.3 Å². The standard InChI is InChI=1S/C20H23NO6S/c1-14(16-8-6-5-7-9-16)21-28(23,24)18-13-15(10-11-19(22)26-3)12-17(25-2)20(18)27-4/h5-14,21H,1-4H3/b11-10+/t14-/m1/s1. The van der Waals surface area contributed by atoms with Crippen molar-refractivity contribution in [2.24, 2.45) is 0 Å². The molecule has 0 heterocycles. The molecule has 7 nitrogen and oxygen atoms in total. The highest BCUT2D eigenvalue weighted by atomic mass is 32.2. The molecule has 2 aromatic carbocycles. The maximum absolute atomic E-state index is 13.0. The topological polar surface area (TPSA) is 90.9 Å². The summed E-state index contributed by atoms with van der Waals surface area (Å²) in [6.07, 6.45) is 2.63. The molecule has 1 atom stereocenters. The van der Waals surface area contributed by atoms with Crippen LogP contribution in [0.1, 0.15) is 24.1 Å². The number of sulfonamides is 1. The third kappa shape index (κ3) is 5.11. The Morgan fingerprint density at radius 3 is 2.32 bits per heavy atom. The quantitative estimate of drug-likeness (QED) is 0.536. The number of methoxy groups -OCH3 is 3. The molecule has 0 spiro atoms. The van der Waals surface area contributed by atoms with Crippen LogP contribution in [0.4, 0.5) is 0 Å². The normalized spacial score (nSPS) is 12.6. The molecule has 8 heteroatoms. The van der Waals surface area contributed by atoms with Crippen LogP contribution in [-0.2, 0) is 19.6 Å². The Morgan fingerprint density at radius 2 is 1.75 bits per heavy atom. The molecule has 0 bridgehead atoms. The van der Waals surface area contributed by atoms with Crippen molar-refractivity contribution in [2.45, 2.75) is 17.9 Å². The van der Waals surface area contributed by atoms with Gasteiger partial charge in [-0.1, -0.05) is 30.3 Å². The molecule has 150 valence electrons. The number of hydrogen-bond donors (Lipinski definition) is 1. The highest BCUT2D eigenvalue weighted by Gasteiger charge is 2.25. The van der Waals surface area contributed by atoms with Gasteiger partial charge in [-0.25, -0.2) is 17.9 Å². The van der Waals surface area contributed by atoms with Gasteiger partial charge in [-0.15, -0.1) is 0 Å². The molecule has 0 fully saturated rings. The van der Waals surface area contributed by atoms with Crippen LogP contribution in [0, 0.1) is 0 Å². The highest BCUT2D eigenvalue weighted by molar-refractivity contribution is 7.89. The lowest BCUT2D eigenvalue weighted by Gasteiger charge is -2.18. The van der Waals surface area contributed by atoms with Gasteiger partial charge in [-0.2, -0.15) is 0 Å². The number of hydrogen-bond acceptors (Lipinski definition) is 6. The van der Waals surface area contributed by atoms with Gasteiger partial charge >= 0.3 is 5.97 Å². The number of carbonyl (C=O) groups excluding carboxylic acids is 1. The summed E-state index contributed by atoms with van der Waals surface area (Å²) < 4.78 is 43.8. The Balaban J connectivity index is 2.48. The average Bonchev–Trinajstić information content (AvgIpc) is 2.71. The molecule has 0 saturated carbocycles. The molecule has 0 saturated heterocycles. The van der Waals surface area contributed by atoms with Gasteiger partial charge in [0.1, 0.15) is 4.90 Å². The van der Waals surface area contributed by atoms with Crippen LogP contribution < -0.4 is 14.2 Å². The molecule has 0 amide bonds. The Bertz CT molecular complexity index is 954. The van der Waals surface area contributed by atoms with Crippen molar-refractivity contribution < 1.29 is 27.4 Å². The molecular formula is C20H23NO6S. The number of esters is 1. The maximum Gasteiger partial charge on any atom is 0.330 e. The Hall–Kier alpha value is -2.84. The Kier molecular flexibility index (Phi) is 7.19. The molecular weight excluding hydrogens is 382 g/mol. The van der Waals surface area contributed by atoms with E-state index >= 15 is 0 Å². The van der Waals surface area contributed by atoms with Crippen molar-refractivity contribution in [3.63, 3.8) is 0 Å². The van der Waals surface area contributed by atoms with Crippen molar-refractivity contribution in [2.75, 3.05) is 21.3 Å². The van der Waals surface area contributed by atoms with Gasteiger partial charge in [-0.05, 0) is 36.3 Å². The molecule has 0 aliphatic rings. The molecule has 1 N–H and O–H groups in total. The average molecular weight is 405 g/mol. The fourth-order valence-electron chi connectivity index (χ4n) is 2.58. The lowest BCUT2D eigenvalue weighted by molar-refractivity contribution is -0.134. The van der Waals surface area contributed by atoms with Crippen molar-refractivity contribution in [1.29, 1.82) is 0 Å². The summed E-state index contributed by atoms with van der Waals surface area (Å²) in [5.41, 5.74) is 1.26. The van der Waals surface area contributed by atoms with Gasteiger partial charge in [-0.3, -0.25) is 0 Å². The zero-order valence-electron chi connectivity index (χ0n) is 16.1. The number of rotatable bonds is 8. The van der Waals surface area contributed by atoms with E-state index in [1.54, 1.807) is 13.0 Å². The fourth-order valence-corrected chi connectivity index (χ4v) is 4.03. The molecule has 0 unspecified atom stereocenters. The largest absolute Gasteiger partial charge is 0.493 e. The van der Waals surface area contributed by atoms with Crippen LogP contribution in [0.25, 0.3) is 6.08 Å². The molecule has 2 aromatic rings. The minimum atomic E-state index is -3.95. The van der Waals surface area contributed by atoms with E-state index in [0.717, 1.165) is 5.56 Å². The minimum absolute atomic E-state index is 0.0745. The second-order valence-electron chi connectivity index (χ2n) is 5.86. The molecule has 0 radical (unpaired) electrons. The molecule has 2 rings (SSSR count). The number of carbonyl (C=O) groups is 1. The fraction of sp³-hybridized carbons (Fsp3) is 0.250. The van der Waals surface area contributed by atoms with Crippen molar-refractivity contribution in [3.8, 4) is 11.5 Å². The summed E-state index contributed by atoms with van der Waals surface area (Å²) in [7, 11) is 0.0687. The number of benzene rings is 2. The first-order valence-corrected chi connectivity index (χ1v) is 9.90. The van der Waals surface area contributed by atoms with Gasteiger partial charge in [0.05, 0.1) is 21.3 Å². The third-order valence-electron chi connectivity index (χ3n) is 4.00. The van der Waals surface area contributed by atoms with Crippen molar-refractivity contribution >= 4 is 22.1 Å². The van der Waals surface area contributed by atoms with Crippen LogP contribution in [0.2, 0.25) is 0 Å². The summed E-state index contributed by atoms with van der Waals surface area (Å²) >= 11 is 0. The highest BCUT2D eigenvalue weighted by Crippen LogP contribution is 2.36. The van der Waals surface area contributed by atoms with Gasteiger partial charge in [0.15, 0.2) is 11.5 Å². The summed E-state index contributed by atoms with van der Waals surface area (Å²) in [6.45, 7) is 1.75. The van der Waals surface area contributed by atoms with Gasteiger partial charge in [0.25, 0.3) is 0 Å². The summed E-state index contributed by atoms with van der Waals surface area (Å²) in [5, 5.41) is 0. The second kappa shape index (κ2) is 9.38.